The van der Waals surface area contributed by atoms with Gasteiger partial charge in [-0.15, -0.1) is 0 Å². The Hall–Kier alpha value is -1.30. The topological polar surface area (TPSA) is 76.1 Å². The molecular weight excluding hydrogens is 238 g/mol. The number of amides is 1. The first-order valence-electron chi connectivity index (χ1n) is 5.81. The summed E-state index contributed by atoms with van der Waals surface area (Å²) in [5.74, 6) is -0.594. The van der Waals surface area contributed by atoms with Crippen molar-refractivity contribution in [3.63, 3.8) is 0 Å². The lowest BCUT2D eigenvalue weighted by Gasteiger charge is -2.37. The molecule has 0 aromatic heterocycles. The normalized spacial score (nSPS) is 27.1. The van der Waals surface area contributed by atoms with E-state index >= 15 is 0 Å². The van der Waals surface area contributed by atoms with Crippen molar-refractivity contribution in [3.8, 4) is 0 Å². The van der Waals surface area contributed by atoms with Gasteiger partial charge in [0.2, 0.25) is 0 Å². The van der Waals surface area contributed by atoms with Crippen molar-refractivity contribution in [1.29, 1.82) is 0 Å². The number of carbonyl (C=O) groups is 2. The zero-order valence-corrected chi connectivity index (χ0v) is 11.7. The van der Waals surface area contributed by atoms with Gasteiger partial charge in [0, 0.05) is 0 Å². The zero-order valence-electron chi connectivity index (χ0n) is 11.7. The summed E-state index contributed by atoms with van der Waals surface area (Å²) >= 11 is 0. The van der Waals surface area contributed by atoms with Gasteiger partial charge in [-0.1, -0.05) is 0 Å². The summed E-state index contributed by atoms with van der Waals surface area (Å²) in [6.45, 7) is 9.93. The van der Waals surface area contributed by atoms with Crippen LogP contribution in [0.3, 0.4) is 0 Å². The van der Waals surface area contributed by atoms with Crippen LogP contribution in [-0.4, -0.2) is 45.5 Å². The molecule has 1 heterocycles. The van der Waals surface area contributed by atoms with E-state index in [1.165, 1.54) is 6.92 Å². The Morgan fingerprint density at radius 3 is 2.17 bits per heavy atom. The van der Waals surface area contributed by atoms with E-state index in [0.717, 1.165) is 4.90 Å². The number of rotatable bonds is 1. The summed E-state index contributed by atoms with van der Waals surface area (Å²) in [6, 6.07) is 0. The maximum absolute atomic E-state index is 12.2. The van der Waals surface area contributed by atoms with Crippen molar-refractivity contribution in [2.24, 2.45) is 0 Å². The van der Waals surface area contributed by atoms with Crippen molar-refractivity contribution in [1.82, 2.24) is 4.90 Å². The largest absolute Gasteiger partial charge is 0.465 e. The number of carbonyl (C=O) groups excluding carboxylic acids is 1. The average molecular weight is 259 g/mol. The minimum Gasteiger partial charge on any atom is -0.465 e. The van der Waals surface area contributed by atoms with Crippen LogP contribution in [-0.2, 0) is 14.3 Å². The van der Waals surface area contributed by atoms with Gasteiger partial charge < -0.3 is 14.6 Å². The second kappa shape index (κ2) is 4.12. The van der Waals surface area contributed by atoms with Crippen LogP contribution < -0.4 is 0 Å². The van der Waals surface area contributed by atoms with Gasteiger partial charge in [-0.3, -0.25) is 4.90 Å². The van der Waals surface area contributed by atoms with Gasteiger partial charge in [-0.25, -0.2) is 9.59 Å². The van der Waals surface area contributed by atoms with Crippen LogP contribution in [0.15, 0.2) is 0 Å². The highest BCUT2D eigenvalue weighted by Crippen LogP contribution is 2.36. The van der Waals surface area contributed by atoms with Crippen molar-refractivity contribution in [2.45, 2.75) is 58.4 Å². The number of ether oxygens (including phenoxy) is 2. The molecule has 0 aliphatic carbocycles. The number of nitrogens with zero attached hydrogens (tertiary/aromatic N) is 1. The Bertz CT molecular complexity index is 371. The molecule has 1 N–H and O–H groups in total. The third kappa shape index (κ3) is 2.58. The maximum atomic E-state index is 12.2. The summed E-state index contributed by atoms with van der Waals surface area (Å²) in [5, 5.41) is 9.27. The van der Waals surface area contributed by atoms with Crippen LogP contribution >= 0.6 is 0 Å². The molecule has 0 saturated carbocycles. The molecule has 104 valence electrons. The molecule has 6 nitrogen and oxygen atoms in total. The molecule has 0 radical (unpaired) electrons. The van der Waals surface area contributed by atoms with E-state index in [1.54, 1.807) is 34.6 Å². The molecule has 18 heavy (non-hydrogen) atoms. The molecule has 1 atom stereocenters. The van der Waals surface area contributed by atoms with Gasteiger partial charge in [0.15, 0.2) is 5.54 Å². The van der Waals surface area contributed by atoms with Crippen LogP contribution in [0.25, 0.3) is 0 Å². The average Bonchev–Trinajstić information content (AvgIpc) is 2.35. The monoisotopic (exact) mass is 259 g/mol. The Morgan fingerprint density at radius 2 is 1.78 bits per heavy atom. The van der Waals surface area contributed by atoms with Crippen molar-refractivity contribution in [2.75, 3.05) is 6.61 Å². The number of carboxylic acid groups (broad SMARTS) is 1. The predicted octanol–water partition coefficient (Wildman–Crippen LogP) is 1.83. The highest BCUT2D eigenvalue weighted by Gasteiger charge is 2.57. The van der Waals surface area contributed by atoms with Gasteiger partial charge in [-0.2, -0.15) is 0 Å². The molecule has 1 amide bonds. The van der Waals surface area contributed by atoms with E-state index in [4.69, 9.17) is 9.47 Å². The Kier molecular flexibility index (Phi) is 3.38. The molecule has 6 heteroatoms. The number of hydrogen-bond acceptors (Lipinski definition) is 4. The molecule has 1 fully saturated rings. The number of hydrogen-bond donors (Lipinski definition) is 1. The van der Waals surface area contributed by atoms with Gasteiger partial charge in [0.25, 0.3) is 0 Å². The van der Waals surface area contributed by atoms with Crippen molar-refractivity contribution < 1.29 is 24.2 Å². The van der Waals surface area contributed by atoms with Crippen LogP contribution in [0.2, 0.25) is 0 Å². The molecule has 0 unspecified atom stereocenters. The van der Waals surface area contributed by atoms with Crippen molar-refractivity contribution in [3.05, 3.63) is 0 Å². The first-order chi connectivity index (χ1) is 7.90. The Labute approximate surface area is 107 Å². The summed E-state index contributed by atoms with van der Waals surface area (Å²) in [7, 11) is 0. The van der Waals surface area contributed by atoms with Gasteiger partial charge in [-0.05, 0) is 41.5 Å². The van der Waals surface area contributed by atoms with Gasteiger partial charge >= 0.3 is 12.1 Å². The van der Waals surface area contributed by atoms with E-state index in [1.807, 2.05) is 0 Å². The van der Waals surface area contributed by atoms with Crippen LogP contribution in [0.1, 0.15) is 41.5 Å². The lowest BCUT2D eigenvalue weighted by atomic mass is 10.0. The minimum absolute atomic E-state index is 0.0127. The van der Waals surface area contributed by atoms with Crippen molar-refractivity contribution >= 4 is 12.1 Å². The van der Waals surface area contributed by atoms with E-state index in [2.05, 4.69) is 0 Å². The van der Waals surface area contributed by atoms with Crippen LogP contribution in [0, 0.1) is 0 Å². The fraction of sp³-hybridized carbons (Fsp3) is 0.833. The minimum atomic E-state index is -1.32. The highest BCUT2D eigenvalue weighted by molar-refractivity contribution is 5.86. The molecule has 1 aliphatic rings. The summed E-state index contributed by atoms with van der Waals surface area (Å²) in [5.41, 5.74) is -3.03. The van der Waals surface area contributed by atoms with E-state index in [0.29, 0.717) is 0 Å². The third-order valence-electron chi connectivity index (χ3n) is 2.77. The maximum Gasteiger partial charge on any atom is 0.410 e. The first-order valence-corrected chi connectivity index (χ1v) is 5.81. The van der Waals surface area contributed by atoms with Crippen LogP contribution in [0.5, 0.6) is 0 Å². The highest BCUT2D eigenvalue weighted by atomic mass is 16.6. The SMILES string of the molecule is CC(C)(C)OC(=O)[C@]1(C)COC(C)(C)N1C(=O)O. The number of esters is 1. The second-order valence-corrected chi connectivity index (χ2v) is 6.13. The fourth-order valence-corrected chi connectivity index (χ4v) is 2.02. The third-order valence-corrected chi connectivity index (χ3v) is 2.77. The lowest BCUT2D eigenvalue weighted by Crippen LogP contribution is -2.59. The molecule has 0 spiro atoms. The standard InChI is InChI=1S/C12H21NO5/c1-10(2,3)18-8(14)12(6)7-17-11(4,5)13(12)9(15)16/h7H2,1-6H3,(H,15,16)/t12-/m0/s1. The Morgan fingerprint density at radius 1 is 1.28 bits per heavy atom. The summed E-state index contributed by atoms with van der Waals surface area (Å²) in [6.07, 6.45) is -1.20. The molecule has 1 saturated heterocycles. The molecular formula is C12H21NO5. The molecule has 0 bridgehead atoms. The molecule has 1 aliphatic heterocycles. The smallest absolute Gasteiger partial charge is 0.410 e. The Balaban J connectivity index is 3.05. The first kappa shape index (κ1) is 14.8. The summed E-state index contributed by atoms with van der Waals surface area (Å²) < 4.78 is 10.7. The van der Waals surface area contributed by atoms with Gasteiger partial charge in [0.05, 0.1) is 6.61 Å². The fourth-order valence-electron chi connectivity index (χ4n) is 2.02. The predicted molar refractivity (Wildman–Crippen MR) is 64.1 cm³/mol. The van der Waals surface area contributed by atoms with Crippen LogP contribution in [0.4, 0.5) is 4.79 Å². The second-order valence-electron chi connectivity index (χ2n) is 6.13. The van der Waals surface area contributed by atoms with Gasteiger partial charge in [0.1, 0.15) is 11.3 Å². The quantitative estimate of drug-likeness (QED) is 0.727. The van der Waals surface area contributed by atoms with E-state index < -0.39 is 28.9 Å². The molecule has 0 aromatic carbocycles. The zero-order chi connectivity index (χ0) is 14.4. The molecule has 1 rings (SSSR count). The van der Waals surface area contributed by atoms with E-state index in [-0.39, 0.29) is 6.61 Å². The molecule has 0 aromatic rings. The lowest BCUT2D eigenvalue weighted by molar-refractivity contribution is -0.167. The van der Waals surface area contributed by atoms with E-state index in [9.17, 15) is 14.7 Å². The summed E-state index contributed by atoms with van der Waals surface area (Å²) in [4.78, 5) is 24.5.